The van der Waals surface area contributed by atoms with Crippen molar-refractivity contribution < 1.29 is 4.39 Å². The van der Waals surface area contributed by atoms with Crippen LogP contribution >= 0.6 is 27.5 Å². The van der Waals surface area contributed by atoms with Gasteiger partial charge in [-0.1, -0.05) is 11.6 Å². The summed E-state index contributed by atoms with van der Waals surface area (Å²) in [5.41, 5.74) is -0.499. The Morgan fingerprint density at radius 2 is 2.13 bits per heavy atom. The van der Waals surface area contributed by atoms with Crippen molar-refractivity contribution in [3.63, 3.8) is 0 Å². The fourth-order valence-electron chi connectivity index (χ4n) is 1.18. The Labute approximate surface area is 96.6 Å². The van der Waals surface area contributed by atoms with Crippen LogP contribution in [0.25, 0.3) is 11.0 Å². The van der Waals surface area contributed by atoms with Gasteiger partial charge >= 0.3 is 0 Å². The molecule has 2 aromatic rings. The molecule has 4 nitrogen and oxygen atoms in total. The summed E-state index contributed by atoms with van der Waals surface area (Å²) in [4.78, 5) is 21.3. The summed E-state index contributed by atoms with van der Waals surface area (Å²) in [6, 6.07) is 0. The number of aromatic nitrogens is 3. The number of nitrogens with zero attached hydrogens (tertiary/aromatic N) is 2. The fourth-order valence-corrected chi connectivity index (χ4v) is 1.73. The summed E-state index contributed by atoms with van der Waals surface area (Å²) < 4.78 is 13.4. The molecule has 7 heteroatoms. The Balaban J connectivity index is 3.05. The molecule has 0 saturated heterocycles. The van der Waals surface area contributed by atoms with Crippen LogP contribution in [0.2, 0.25) is 5.15 Å². The number of aryl methyl sites for hydroxylation is 1. The minimum atomic E-state index is -0.735. The Morgan fingerprint density at radius 1 is 1.47 bits per heavy atom. The molecule has 0 radical (unpaired) electrons. The third-order valence-electron chi connectivity index (χ3n) is 1.82. The molecule has 0 unspecified atom stereocenters. The Morgan fingerprint density at radius 3 is 2.80 bits per heavy atom. The van der Waals surface area contributed by atoms with Gasteiger partial charge in [-0.15, -0.1) is 0 Å². The molecule has 0 amide bonds. The lowest BCUT2D eigenvalue weighted by atomic mass is 10.3. The number of pyridine rings is 1. The molecule has 0 saturated carbocycles. The zero-order valence-corrected chi connectivity index (χ0v) is 9.78. The van der Waals surface area contributed by atoms with Crippen LogP contribution in [0, 0.1) is 12.7 Å². The highest BCUT2D eigenvalue weighted by Gasteiger charge is 2.14. The maximum atomic E-state index is 13.6. The molecule has 0 aliphatic carbocycles. The maximum Gasteiger partial charge on any atom is 0.265 e. The number of hydrogen-bond donors (Lipinski definition) is 1. The lowest BCUT2D eigenvalue weighted by molar-refractivity contribution is 0.625. The van der Waals surface area contributed by atoms with Gasteiger partial charge in [-0.2, -0.15) is 0 Å². The number of halogens is 3. The number of fused-ring (bicyclic) bond motifs is 1. The van der Waals surface area contributed by atoms with E-state index >= 15 is 0 Å². The second-order valence-corrected chi connectivity index (χ2v) is 4.02. The molecule has 2 heterocycles. The highest BCUT2D eigenvalue weighted by Crippen LogP contribution is 2.22. The number of H-pyrrole nitrogens is 1. The van der Waals surface area contributed by atoms with Crippen LogP contribution in [0.3, 0.4) is 0 Å². The minimum absolute atomic E-state index is 0.000949. The smallest absolute Gasteiger partial charge is 0.265 e. The number of aromatic amines is 1. The normalized spacial score (nSPS) is 10.9. The van der Waals surface area contributed by atoms with Crippen LogP contribution in [0.15, 0.2) is 9.27 Å². The number of rotatable bonds is 0. The second kappa shape index (κ2) is 3.53. The van der Waals surface area contributed by atoms with E-state index in [1.807, 2.05) is 0 Å². The van der Waals surface area contributed by atoms with E-state index < -0.39 is 11.4 Å². The first kappa shape index (κ1) is 10.5. The van der Waals surface area contributed by atoms with Gasteiger partial charge in [-0.25, -0.2) is 14.4 Å². The highest BCUT2D eigenvalue weighted by atomic mass is 79.9. The van der Waals surface area contributed by atoms with Gasteiger partial charge in [-0.05, 0) is 22.9 Å². The lowest BCUT2D eigenvalue weighted by Gasteiger charge is -2.02. The van der Waals surface area contributed by atoms with Gasteiger partial charge in [0.15, 0.2) is 11.0 Å². The third-order valence-corrected chi connectivity index (χ3v) is 2.80. The third kappa shape index (κ3) is 1.63. The SMILES string of the molecule is Cc1nc(Cl)c2[nH]c(=O)c(Br)c(F)c2n1. The average Bonchev–Trinajstić information content (AvgIpc) is 2.17. The van der Waals surface area contributed by atoms with E-state index in [1.54, 1.807) is 6.92 Å². The summed E-state index contributed by atoms with van der Waals surface area (Å²) in [6.07, 6.45) is 0. The Bertz CT molecular complexity index is 613. The summed E-state index contributed by atoms with van der Waals surface area (Å²) in [5, 5.41) is 0.0287. The van der Waals surface area contributed by atoms with E-state index in [1.165, 1.54) is 0 Å². The first-order valence-electron chi connectivity index (χ1n) is 3.92. The molecule has 0 fully saturated rings. The first-order valence-corrected chi connectivity index (χ1v) is 5.09. The monoisotopic (exact) mass is 291 g/mol. The molecule has 2 rings (SSSR count). The van der Waals surface area contributed by atoms with E-state index in [4.69, 9.17) is 11.6 Å². The predicted molar refractivity (Wildman–Crippen MR) is 57.6 cm³/mol. The Hall–Kier alpha value is -1.01. The van der Waals surface area contributed by atoms with Crippen molar-refractivity contribution >= 4 is 38.6 Å². The van der Waals surface area contributed by atoms with E-state index in [2.05, 4.69) is 30.9 Å². The van der Waals surface area contributed by atoms with Crippen LogP contribution in [-0.4, -0.2) is 15.0 Å². The molecular weight excluding hydrogens is 288 g/mol. The van der Waals surface area contributed by atoms with Gasteiger partial charge in [0.2, 0.25) is 0 Å². The molecule has 0 aliphatic heterocycles. The lowest BCUT2D eigenvalue weighted by Crippen LogP contribution is -2.11. The summed E-state index contributed by atoms with van der Waals surface area (Å²) in [7, 11) is 0. The topological polar surface area (TPSA) is 58.6 Å². The van der Waals surface area contributed by atoms with Crippen molar-refractivity contribution in [2.24, 2.45) is 0 Å². The average molecular weight is 292 g/mol. The van der Waals surface area contributed by atoms with Crippen LogP contribution in [0.5, 0.6) is 0 Å². The molecule has 0 bridgehead atoms. The standard InChI is InChI=1S/C8H4BrClFN3O/c1-2-12-5-4(11)3(9)8(15)14-6(5)7(10)13-2/h1H3,(H,14,15). The van der Waals surface area contributed by atoms with Crippen LogP contribution in [0.4, 0.5) is 4.39 Å². The Kier molecular flexibility index (Phi) is 2.47. The van der Waals surface area contributed by atoms with Crippen LogP contribution in [-0.2, 0) is 0 Å². The van der Waals surface area contributed by atoms with Crippen molar-refractivity contribution in [3.05, 3.63) is 31.6 Å². The summed E-state index contributed by atoms with van der Waals surface area (Å²) >= 11 is 8.58. The van der Waals surface area contributed by atoms with Gasteiger partial charge in [0, 0.05) is 0 Å². The zero-order valence-electron chi connectivity index (χ0n) is 7.44. The molecule has 2 aromatic heterocycles. The van der Waals surface area contributed by atoms with E-state index in [0.29, 0.717) is 5.82 Å². The zero-order chi connectivity index (χ0) is 11.2. The molecule has 0 atom stereocenters. The molecule has 0 aliphatic rings. The van der Waals surface area contributed by atoms with Crippen molar-refractivity contribution in [2.75, 3.05) is 0 Å². The fraction of sp³-hybridized carbons (Fsp3) is 0.125. The summed E-state index contributed by atoms with van der Waals surface area (Å²) in [5.74, 6) is -0.397. The maximum absolute atomic E-state index is 13.6. The van der Waals surface area contributed by atoms with E-state index in [0.717, 1.165) is 0 Å². The quantitative estimate of drug-likeness (QED) is 0.757. The largest absolute Gasteiger partial charge is 0.317 e. The van der Waals surface area contributed by atoms with Crippen molar-refractivity contribution in [2.45, 2.75) is 6.92 Å². The van der Waals surface area contributed by atoms with Gasteiger partial charge in [0.05, 0.1) is 0 Å². The molecule has 0 aromatic carbocycles. The predicted octanol–water partition coefficient (Wildman–Crippen LogP) is 2.18. The number of nitrogens with one attached hydrogen (secondary N) is 1. The van der Waals surface area contributed by atoms with Gasteiger partial charge in [0.25, 0.3) is 5.56 Å². The number of hydrogen-bond acceptors (Lipinski definition) is 3. The highest BCUT2D eigenvalue weighted by molar-refractivity contribution is 9.10. The van der Waals surface area contributed by atoms with E-state index in [9.17, 15) is 9.18 Å². The molecule has 78 valence electrons. The molecular formula is C8H4BrClFN3O. The molecule has 1 N–H and O–H groups in total. The van der Waals surface area contributed by atoms with Crippen molar-refractivity contribution in [1.82, 2.24) is 15.0 Å². The summed E-state index contributed by atoms with van der Waals surface area (Å²) in [6.45, 7) is 1.59. The van der Waals surface area contributed by atoms with Crippen LogP contribution in [0.1, 0.15) is 5.82 Å². The van der Waals surface area contributed by atoms with Crippen molar-refractivity contribution in [3.8, 4) is 0 Å². The van der Waals surface area contributed by atoms with Gasteiger partial charge < -0.3 is 4.98 Å². The van der Waals surface area contributed by atoms with Gasteiger partial charge in [-0.3, -0.25) is 4.79 Å². The van der Waals surface area contributed by atoms with Gasteiger partial charge in [0.1, 0.15) is 21.3 Å². The minimum Gasteiger partial charge on any atom is -0.317 e. The molecule has 15 heavy (non-hydrogen) atoms. The van der Waals surface area contributed by atoms with E-state index in [-0.39, 0.29) is 20.7 Å². The first-order chi connectivity index (χ1) is 7.00. The second-order valence-electron chi connectivity index (χ2n) is 2.87. The van der Waals surface area contributed by atoms with Crippen LogP contribution < -0.4 is 5.56 Å². The van der Waals surface area contributed by atoms with Crippen molar-refractivity contribution in [1.29, 1.82) is 0 Å². The molecule has 0 spiro atoms.